The number of nitrogens with zero attached hydrogens (tertiary/aromatic N) is 3. The van der Waals surface area contributed by atoms with Crippen LogP contribution in [0, 0.1) is 0 Å². The third-order valence-corrected chi connectivity index (χ3v) is 5.68. The Labute approximate surface area is 149 Å². The standard InChI is InChI=1S/C16H10N4OS3/c21-13(5-6-14-17-11-3-1-2-4-12(11)23-14)18-16-20-19-15(24-16)10-7-8-22-9-10/h1-9H,(H,18,20,21)/b6-5+. The number of hydrogen-bond donors (Lipinski definition) is 1. The number of thiazole rings is 1. The second kappa shape index (κ2) is 6.60. The highest BCUT2D eigenvalue weighted by molar-refractivity contribution is 7.19. The minimum absolute atomic E-state index is 0.248. The van der Waals surface area contributed by atoms with Crippen molar-refractivity contribution < 1.29 is 4.79 Å². The summed E-state index contributed by atoms with van der Waals surface area (Å²) in [7, 11) is 0. The number of carbonyl (C=O) groups excluding carboxylic acids is 1. The van der Waals surface area contributed by atoms with Crippen LogP contribution in [0.2, 0.25) is 0 Å². The molecule has 118 valence electrons. The first kappa shape index (κ1) is 15.1. The van der Waals surface area contributed by atoms with Crippen LogP contribution in [0.1, 0.15) is 5.01 Å². The first-order valence-electron chi connectivity index (χ1n) is 6.99. The molecule has 0 saturated carbocycles. The van der Waals surface area contributed by atoms with Gasteiger partial charge in [0.1, 0.15) is 10.0 Å². The number of para-hydroxylation sites is 1. The maximum absolute atomic E-state index is 12.0. The first-order valence-corrected chi connectivity index (χ1v) is 9.56. The van der Waals surface area contributed by atoms with Crippen molar-refractivity contribution >= 4 is 61.3 Å². The molecule has 1 N–H and O–H groups in total. The molecule has 0 fully saturated rings. The average Bonchev–Trinajstić information content (AvgIpc) is 3.32. The Bertz CT molecular complexity index is 984. The van der Waals surface area contributed by atoms with Gasteiger partial charge >= 0.3 is 0 Å². The molecule has 0 bridgehead atoms. The molecule has 0 radical (unpaired) electrons. The Morgan fingerprint density at radius 1 is 1.12 bits per heavy atom. The Kier molecular flexibility index (Phi) is 4.16. The number of thiophene rings is 1. The van der Waals surface area contributed by atoms with Gasteiger partial charge in [-0.2, -0.15) is 11.3 Å². The van der Waals surface area contributed by atoms with Crippen LogP contribution < -0.4 is 5.32 Å². The molecule has 0 aliphatic heterocycles. The van der Waals surface area contributed by atoms with Crippen LogP contribution >= 0.6 is 34.0 Å². The van der Waals surface area contributed by atoms with E-state index in [1.165, 1.54) is 17.4 Å². The molecule has 0 aliphatic carbocycles. The summed E-state index contributed by atoms with van der Waals surface area (Å²) in [5, 5.41) is 16.9. The molecule has 1 amide bonds. The monoisotopic (exact) mass is 370 g/mol. The Balaban J connectivity index is 1.44. The van der Waals surface area contributed by atoms with E-state index >= 15 is 0 Å². The Morgan fingerprint density at radius 3 is 2.88 bits per heavy atom. The van der Waals surface area contributed by atoms with Crippen LogP contribution in [0.3, 0.4) is 0 Å². The van der Waals surface area contributed by atoms with Crippen molar-refractivity contribution in [2.75, 3.05) is 5.32 Å². The maximum atomic E-state index is 12.0. The van der Waals surface area contributed by atoms with E-state index in [1.54, 1.807) is 28.7 Å². The van der Waals surface area contributed by atoms with Gasteiger partial charge in [0.15, 0.2) is 0 Å². The molecule has 8 heteroatoms. The van der Waals surface area contributed by atoms with Gasteiger partial charge in [-0.3, -0.25) is 10.1 Å². The van der Waals surface area contributed by atoms with Gasteiger partial charge in [-0.25, -0.2) is 4.98 Å². The summed E-state index contributed by atoms with van der Waals surface area (Å²) < 4.78 is 1.10. The second-order valence-corrected chi connectivity index (χ2v) is 7.59. The van der Waals surface area contributed by atoms with E-state index in [4.69, 9.17) is 0 Å². The van der Waals surface area contributed by atoms with Crippen molar-refractivity contribution in [2.45, 2.75) is 0 Å². The molecular formula is C16H10N4OS3. The van der Waals surface area contributed by atoms with Gasteiger partial charge in [0.2, 0.25) is 11.0 Å². The third-order valence-electron chi connectivity index (χ3n) is 3.11. The molecule has 0 atom stereocenters. The molecule has 4 rings (SSSR count). The summed E-state index contributed by atoms with van der Waals surface area (Å²) in [4.78, 5) is 16.5. The van der Waals surface area contributed by atoms with E-state index < -0.39 is 0 Å². The number of anilines is 1. The largest absolute Gasteiger partial charge is 0.297 e. The Hall–Kier alpha value is -2.42. The molecule has 0 saturated heterocycles. The van der Waals surface area contributed by atoms with Crippen molar-refractivity contribution in [2.24, 2.45) is 0 Å². The summed E-state index contributed by atoms with van der Waals surface area (Å²) >= 11 is 4.50. The third kappa shape index (κ3) is 3.25. The molecule has 3 aromatic heterocycles. The van der Waals surface area contributed by atoms with Gasteiger partial charge in [-0.1, -0.05) is 23.5 Å². The van der Waals surface area contributed by atoms with Gasteiger partial charge in [0.05, 0.1) is 10.2 Å². The fourth-order valence-electron chi connectivity index (χ4n) is 2.03. The molecule has 0 unspecified atom stereocenters. The lowest BCUT2D eigenvalue weighted by Gasteiger charge is -1.93. The molecule has 0 spiro atoms. The SMILES string of the molecule is O=C(/C=C/c1nc2ccccc2s1)Nc1nnc(-c2ccsc2)s1. The zero-order valence-corrected chi connectivity index (χ0v) is 14.6. The smallest absolute Gasteiger partial charge is 0.250 e. The molecule has 1 aromatic carbocycles. The predicted octanol–water partition coefficient (Wildman–Crippen LogP) is 4.53. The van der Waals surface area contributed by atoms with E-state index in [1.807, 2.05) is 41.1 Å². The fourth-order valence-corrected chi connectivity index (χ4v) is 4.36. The fraction of sp³-hybridized carbons (Fsp3) is 0. The van der Waals surface area contributed by atoms with Crippen LogP contribution in [0.4, 0.5) is 5.13 Å². The number of hydrogen-bond acceptors (Lipinski definition) is 7. The van der Waals surface area contributed by atoms with E-state index in [9.17, 15) is 4.79 Å². The van der Waals surface area contributed by atoms with Crippen molar-refractivity contribution in [3.8, 4) is 10.6 Å². The number of amides is 1. The van der Waals surface area contributed by atoms with Crippen LogP contribution in [0.5, 0.6) is 0 Å². The summed E-state index contributed by atoms with van der Waals surface area (Å²) in [6.45, 7) is 0. The summed E-state index contributed by atoms with van der Waals surface area (Å²) in [6.07, 6.45) is 3.17. The van der Waals surface area contributed by atoms with Crippen molar-refractivity contribution in [3.63, 3.8) is 0 Å². The maximum Gasteiger partial charge on any atom is 0.250 e. The highest BCUT2D eigenvalue weighted by Crippen LogP contribution is 2.28. The van der Waals surface area contributed by atoms with E-state index in [0.29, 0.717) is 5.13 Å². The van der Waals surface area contributed by atoms with E-state index in [2.05, 4.69) is 20.5 Å². The molecule has 5 nitrogen and oxygen atoms in total. The van der Waals surface area contributed by atoms with Crippen molar-refractivity contribution in [1.29, 1.82) is 0 Å². The van der Waals surface area contributed by atoms with E-state index in [0.717, 1.165) is 25.8 Å². The lowest BCUT2D eigenvalue weighted by atomic mass is 10.3. The van der Waals surface area contributed by atoms with Crippen LogP contribution in [-0.4, -0.2) is 21.1 Å². The highest BCUT2D eigenvalue weighted by Gasteiger charge is 2.08. The molecule has 0 aliphatic rings. The molecule has 24 heavy (non-hydrogen) atoms. The number of aromatic nitrogens is 3. The van der Waals surface area contributed by atoms with Gasteiger partial charge in [0.25, 0.3) is 0 Å². The van der Waals surface area contributed by atoms with Gasteiger partial charge in [0, 0.05) is 17.0 Å². The normalized spacial score (nSPS) is 11.3. The lowest BCUT2D eigenvalue weighted by molar-refractivity contribution is -0.111. The summed E-state index contributed by atoms with van der Waals surface area (Å²) in [5.41, 5.74) is 1.95. The van der Waals surface area contributed by atoms with Crippen molar-refractivity contribution in [3.05, 3.63) is 52.2 Å². The number of nitrogens with one attached hydrogen (secondary N) is 1. The van der Waals surface area contributed by atoms with E-state index in [-0.39, 0.29) is 5.91 Å². The van der Waals surface area contributed by atoms with Gasteiger partial charge in [-0.15, -0.1) is 21.5 Å². The summed E-state index contributed by atoms with van der Waals surface area (Å²) in [6, 6.07) is 9.86. The van der Waals surface area contributed by atoms with Crippen LogP contribution in [-0.2, 0) is 4.79 Å². The number of rotatable bonds is 4. The van der Waals surface area contributed by atoms with Gasteiger partial charge < -0.3 is 0 Å². The molecular weight excluding hydrogens is 360 g/mol. The highest BCUT2D eigenvalue weighted by atomic mass is 32.1. The zero-order chi connectivity index (χ0) is 16.4. The van der Waals surface area contributed by atoms with Crippen molar-refractivity contribution in [1.82, 2.24) is 15.2 Å². The number of carbonyl (C=O) groups is 1. The minimum atomic E-state index is -0.248. The van der Waals surface area contributed by atoms with Gasteiger partial charge in [-0.05, 0) is 29.7 Å². The lowest BCUT2D eigenvalue weighted by Crippen LogP contribution is -2.07. The zero-order valence-electron chi connectivity index (χ0n) is 12.2. The van der Waals surface area contributed by atoms with Crippen LogP contribution in [0.25, 0.3) is 26.9 Å². The average molecular weight is 370 g/mol. The minimum Gasteiger partial charge on any atom is -0.297 e. The summed E-state index contributed by atoms with van der Waals surface area (Å²) in [5.74, 6) is -0.248. The van der Waals surface area contributed by atoms with Crippen LogP contribution in [0.15, 0.2) is 47.2 Å². The quantitative estimate of drug-likeness (QED) is 0.536. The number of benzene rings is 1. The number of fused-ring (bicyclic) bond motifs is 1. The molecule has 4 aromatic rings. The topological polar surface area (TPSA) is 67.8 Å². The Morgan fingerprint density at radius 2 is 2.04 bits per heavy atom. The predicted molar refractivity (Wildman–Crippen MR) is 101 cm³/mol. The first-order chi connectivity index (χ1) is 11.8. The molecule has 3 heterocycles. The second-order valence-electron chi connectivity index (χ2n) is 4.77.